The van der Waals surface area contributed by atoms with Crippen LogP contribution < -0.4 is 10.1 Å². The molecule has 2 rings (SSSR count). The molecule has 0 spiro atoms. The molecule has 3 heteroatoms. The number of nitrogens with zero attached hydrogens (tertiary/aromatic N) is 1. The fourth-order valence-electron chi connectivity index (χ4n) is 2.68. The molecule has 0 bridgehead atoms. The van der Waals surface area contributed by atoms with Crippen molar-refractivity contribution in [2.24, 2.45) is 0 Å². The van der Waals surface area contributed by atoms with Gasteiger partial charge in [-0.05, 0) is 42.5 Å². The number of hydrogen-bond acceptors (Lipinski definition) is 3. The van der Waals surface area contributed by atoms with Crippen molar-refractivity contribution in [1.29, 1.82) is 0 Å². The molecule has 0 radical (unpaired) electrons. The van der Waals surface area contributed by atoms with Crippen molar-refractivity contribution >= 4 is 16.6 Å². The maximum absolute atomic E-state index is 5.29. The number of hydrogen-bond donors (Lipinski definition) is 1. The molecule has 2 aromatic rings. The average Bonchev–Trinajstić information content (AvgIpc) is 2.52. The van der Waals surface area contributed by atoms with Gasteiger partial charge in [-0.2, -0.15) is 0 Å². The minimum absolute atomic E-state index is 0.509. The van der Waals surface area contributed by atoms with E-state index in [1.54, 1.807) is 7.11 Å². The fourth-order valence-corrected chi connectivity index (χ4v) is 2.68. The molecule has 1 heterocycles. The summed E-state index contributed by atoms with van der Waals surface area (Å²) in [5, 5.41) is 5.97. The predicted molar refractivity (Wildman–Crippen MR) is 90.1 cm³/mol. The third-order valence-electron chi connectivity index (χ3n) is 3.86. The summed E-state index contributed by atoms with van der Waals surface area (Å²) in [6.07, 6.45) is 7.96. The van der Waals surface area contributed by atoms with Crippen LogP contribution in [0, 0.1) is 0 Å². The molecule has 1 N–H and O–H groups in total. The lowest BCUT2D eigenvalue weighted by Crippen LogP contribution is -2.20. The van der Waals surface area contributed by atoms with E-state index in [1.807, 2.05) is 18.3 Å². The van der Waals surface area contributed by atoms with Gasteiger partial charge in [0.25, 0.3) is 0 Å². The van der Waals surface area contributed by atoms with Gasteiger partial charge in [0.15, 0.2) is 0 Å². The van der Waals surface area contributed by atoms with Crippen molar-refractivity contribution in [2.75, 3.05) is 12.4 Å². The second-order valence-corrected chi connectivity index (χ2v) is 5.52. The zero-order valence-corrected chi connectivity index (χ0v) is 13.4. The van der Waals surface area contributed by atoms with E-state index in [9.17, 15) is 0 Å². The van der Waals surface area contributed by atoms with Gasteiger partial charge in [0.2, 0.25) is 0 Å². The van der Waals surface area contributed by atoms with E-state index in [1.165, 1.54) is 32.1 Å². The van der Waals surface area contributed by atoms with Crippen molar-refractivity contribution in [2.45, 2.75) is 52.0 Å². The number of nitrogens with one attached hydrogen (secondary N) is 1. The van der Waals surface area contributed by atoms with Gasteiger partial charge in [0, 0.05) is 17.6 Å². The number of anilines is 1. The van der Waals surface area contributed by atoms with E-state index in [0.717, 1.165) is 22.3 Å². The van der Waals surface area contributed by atoms with Crippen molar-refractivity contribution < 1.29 is 4.74 Å². The molecular formula is C18H26N2O. The molecule has 0 amide bonds. The number of ether oxygens (including phenoxy) is 1. The third kappa shape index (κ3) is 4.10. The van der Waals surface area contributed by atoms with Crippen LogP contribution in [0.1, 0.15) is 46.0 Å². The topological polar surface area (TPSA) is 34.2 Å². The first-order chi connectivity index (χ1) is 10.3. The Morgan fingerprint density at radius 2 is 2.00 bits per heavy atom. The number of unbranched alkanes of at least 4 members (excludes halogenated alkanes) is 1. The second kappa shape index (κ2) is 7.87. The zero-order chi connectivity index (χ0) is 15.1. The van der Waals surface area contributed by atoms with Gasteiger partial charge < -0.3 is 10.1 Å². The Bertz CT molecular complexity index is 568. The largest absolute Gasteiger partial charge is 0.497 e. The highest BCUT2D eigenvalue weighted by Crippen LogP contribution is 2.26. The maximum atomic E-state index is 5.29. The highest BCUT2D eigenvalue weighted by Gasteiger charge is 2.10. The Morgan fingerprint density at radius 3 is 2.71 bits per heavy atom. The molecule has 0 aliphatic rings. The summed E-state index contributed by atoms with van der Waals surface area (Å²) in [5.41, 5.74) is 0. The lowest BCUT2D eigenvalue weighted by atomic mass is 10.0. The van der Waals surface area contributed by atoms with Crippen LogP contribution in [0.4, 0.5) is 5.82 Å². The first-order valence-electron chi connectivity index (χ1n) is 7.97. The molecule has 1 aromatic heterocycles. The number of pyridine rings is 1. The smallest absolute Gasteiger partial charge is 0.134 e. The molecule has 3 nitrogen and oxygen atoms in total. The van der Waals surface area contributed by atoms with Gasteiger partial charge in [0.1, 0.15) is 11.6 Å². The normalized spacial score (nSPS) is 12.3. The predicted octanol–water partition coefficient (Wildman–Crippen LogP) is 5.01. The average molecular weight is 286 g/mol. The molecule has 0 aliphatic carbocycles. The van der Waals surface area contributed by atoms with E-state index in [0.29, 0.717) is 6.04 Å². The van der Waals surface area contributed by atoms with E-state index in [2.05, 4.69) is 36.3 Å². The van der Waals surface area contributed by atoms with Gasteiger partial charge in [-0.1, -0.05) is 33.1 Å². The van der Waals surface area contributed by atoms with Gasteiger partial charge in [-0.15, -0.1) is 0 Å². The Hall–Kier alpha value is -1.77. The summed E-state index contributed by atoms with van der Waals surface area (Å²) in [4.78, 5) is 4.54. The standard InChI is InChI=1S/C18H26N2O/c1-4-6-8-15(7-5-2)20-18-17-10-9-16(21-3)13-14(17)11-12-19-18/h9-13,15H,4-8H2,1-3H3,(H,19,20). The Kier molecular flexibility index (Phi) is 5.85. The molecule has 0 saturated carbocycles. The van der Waals surface area contributed by atoms with Gasteiger partial charge >= 0.3 is 0 Å². The molecule has 21 heavy (non-hydrogen) atoms. The van der Waals surface area contributed by atoms with Crippen LogP contribution in [0.15, 0.2) is 30.5 Å². The van der Waals surface area contributed by atoms with Crippen LogP contribution in [0.3, 0.4) is 0 Å². The van der Waals surface area contributed by atoms with Crippen LogP contribution in [-0.4, -0.2) is 18.1 Å². The molecule has 1 aromatic carbocycles. The number of methoxy groups -OCH3 is 1. The monoisotopic (exact) mass is 286 g/mol. The fraction of sp³-hybridized carbons (Fsp3) is 0.500. The number of rotatable bonds is 8. The van der Waals surface area contributed by atoms with E-state index in [-0.39, 0.29) is 0 Å². The summed E-state index contributed by atoms with van der Waals surface area (Å²) in [7, 11) is 1.70. The SMILES string of the molecule is CCCCC(CCC)Nc1nccc2cc(OC)ccc12. The molecule has 1 unspecified atom stereocenters. The van der Waals surface area contributed by atoms with Crippen LogP contribution in [0.2, 0.25) is 0 Å². The summed E-state index contributed by atoms with van der Waals surface area (Å²) >= 11 is 0. The molecule has 114 valence electrons. The summed E-state index contributed by atoms with van der Waals surface area (Å²) < 4.78 is 5.29. The van der Waals surface area contributed by atoms with Crippen LogP contribution in [-0.2, 0) is 0 Å². The minimum atomic E-state index is 0.509. The van der Waals surface area contributed by atoms with E-state index in [4.69, 9.17) is 4.74 Å². The van der Waals surface area contributed by atoms with Gasteiger partial charge in [-0.25, -0.2) is 4.98 Å². The minimum Gasteiger partial charge on any atom is -0.497 e. The molecule has 1 atom stereocenters. The Morgan fingerprint density at radius 1 is 1.14 bits per heavy atom. The summed E-state index contributed by atoms with van der Waals surface area (Å²) in [6.45, 7) is 4.48. The highest BCUT2D eigenvalue weighted by atomic mass is 16.5. The summed E-state index contributed by atoms with van der Waals surface area (Å²) in [5.74, 6) is 1.88. The first-order valence-corrected chi connectivity index (χ1v) is 7.97. The van der Waals surface area contributed by atoms with Crippen molar-refractivity contribution in [3.8, 4) is 5.75 Å². The van der Waals surface area contributed by atoms with Crippen LogP contribution in [0.25, 0.3) is 10.8 Å². The second-order valence-electron chi connectivity index (χ2n) is 5.52. The molecule has 0 saturated heterocycles. The van der Waals surface area contributed by atoms with Gasteiger partial charge in [0.05, 0.1) is 7.11 Å². The molecule has 0 aliphatic heterocycles. The third-order valence-corrected chi connectivity index (χ3v) is 3.86. The van der Waals surface area contributed by atoms with Crippen LogP contribution >= 0.6 is 0 Å². The molecule has 0 fully saturated rings. The van der Waals surface area contributed by atoms with Crippen molar-refractivity contribution in [3.63, 3.8) is 0 Å². The quantitative estimate of drug-likeness (QED) is 0.740. The van der Waals surface area contributed by atoms with Crippen molar-refractivity contribution in [1.82, 2.24) is 4.98 Å². The zero-order valence-electron chi connectivity index (χ0n) is 13.4. The number of benzene rings is 1. The van der Waals surface area contributed by atoms with Gasteiger partial charge in [-0.3, -0.25) is 0 Å². The number of aromatic nitrogens is 1. The van der Waals surface area contributed by atoms with Crippen LogP contribution in [0.5, 0.6) is 5.75 Å². The van der Waals surface area contributed by atoms with Crippen molar-refractivity contribution in [3.05, 3.63) is 30.5 Å². The lowest BCUT2D eigenvalue weighted by molar-refractivity contribution is 0.415. The highest BCUT2D eigenvalue weighted by molar-refractivity contribution is 5.92. The summed E-state index contributed by atoms with van der Waals surface area (Å²) in [6, 6.07) is 8.69. The first kappa shape index (κ1) is 15.6. The Balaban J connectivity index is 2.23. The lowest BCUT2D eigenvalue weighted by Gasteiger charge is -2.19. The molecular weight excluding hydrogens is 260 g/mol. The number of fused-ring (bicyclic) bond motifs is 1. The maximum Gasteiger partial charge on any atom is 0.134 e. The van der Waals surface area contributed by atoms with E-state index < -0.39 is 0 Å². The Labute approximate surface area is 127 Å². The van der Waals surface area contributed by atoms with E-state index >= 15 is 0 Å².